The molecule has 6 nitrogen and oxygen atoms in total. The molecular weight excluding hydrogens is 419 g/mol. The van der Waals surface area contributed by atoms with E-state index in [0.29, 0.717) is 30.3 Å². The van der Waals surface area contributed by atoms with Crippen molar-refractivity contribution in [3.63, 3.8) is 0 Å². The lowest BCUT2D eigenvalue weighted by Gasteiger charge is -2.14. The molecule has 29 heavy (non-hydrogen) atoms. The summed E-state index contributed by atoms with van der Waals surface area (Å²) < 4.78 is 95.5. The molecule has 0 amide bonds. The molecule has 0 aliphatic carbocycles. The summed E-state index contributed by atoms with van der Waals surface area (Å²) in [6.07, 6.45) is -10.7. The van der Waals surface area contributed by atoms with Crippen molar-refractivity contribution in [2.24, 2.45) is 0 Å². The molecule has 0 spiro atoms. The fourth-order valence-electron chi connectivity index (χ4n) is 2.23. The molecule has 0 atom stereocenters. The Bertz CT molecular complexity index is 998. The van der Waals surface area contributed by atoms with E-state index in [0.717, 1.165) is 0 Å². The quantitative estimate of drug-likeness (QED) is 0.233. The minimum Gasteiger partial charge on any atom is -0.386 e. The molecule has 0 saturated carbocycles. The van der Waals surface area contributed by atoms with Gasteiger partial charge in [-0.3, -0.25) is 10.1 Å². The summed E-state index contributed by atoms with van der Waals surface area (Å²) in [5, 5.41) is 10.6. The van der Waals surface area contributed by atoms with E-state index in [1.807, 2.05) is 0 Å². The Hall–Kier alpha value is -3.51. The number of hydrogen-bond acceptors (Lipinski definition) is 5. The van der Waals surface area contributed by atoms with E-state index in [1.165, 1.54) is 0 Å². The van der Waals surface area contributed by atoms with Gasteiger partial charge in [0.2, 0.25) is 0 Å². The van der Waals surface area contributed by atoms with Gasteiger partial charge >= 0.3 is 24.3 Å². The highest BCUT2D eigenvalue weighted by molar-refractivity contribution is 6.04. The maximum atomic E-state index is 13.5. The third-order valence-electron chi connectivity index (χ3n) is 3.44. The first-order valence-corrected chi connectivity index (χ1v) is 7.21. The number of nitrogens with zero attached hydrogens (tertiary/aromatic N) is 1. The van der Waals surface area contributed by atoms with Crippen LogP contribution in [-0.4, -0.2) is 16.9 Å². The first kappa shape index (κ1) is 21.8. The molecule has 0 aliphatic rings. The summed E-state index contributed by atoms with van der Waals surface area (Å²) in [4.78, 5) is 33.3. The van der Waals surface area contributed by atoms with Gasteiger partial charge in [0, 0.05) is 12.1 Å². The van der Waals surface area contributed by atoms with Gasteiger partial charge in [-0.05, 0) is 18.2 Å². The fourth-order valence-corrected chi connectivity index (χ4v) is 2.23. The molecule has 13 heteroatoms. The van der Waals surface area contributed by atoms with Crippen LogP contribution in [0, 0.1) is 15.9 Å². The van der Waals surface area contributed by atoms with E-state index in [4.69, 9.17) is 0 Å². The number of non-ortho nitro benzene ring substituents is 1. The number of esters is 2. The third-order valence-corrected chi connectivity index (χ3v) is 3.44. The second kappa shape index (κ2) is 7.48. The first-order valence-electron chi connectivity index (χ1n) is 7.21. The normalized spacial score (nSPS) is 11.8. The van der Waals surface area contributed by atoms with Crippen molar-refractivity contribution in [1.29, 1.82) is 0 Å². The molecule has 0 fully saturated rings. The van der Waals surface area contributed by atoms with Crippen molar-refractivity contribution in [2.75, 3.05) is 0 Å². The number of carbonyl (C=O) groups is 2. The maximum absolute atomic E-state index is 13.5. The number of rotatable bonds is 3. The second-order valence-corrected chi connectivity index (χ2v) is 5.32. The topological polar surface area (TPSA) is 86.5 Å². The highest BCUT2D eigenvalue weighted by atomic mass is 19.4. The molecule has 0 aromatic heterocycles. The number of nitro benzene ring substituents is 1. The Morgan fingerprint density at radius 3 is 2.00 bits per heavy atom. The SMILES string of the molecule is O=C(OC(=O)c1cccc(F)c1C(F)(F)F)c1ccc([N+](=O)[O-])cc1C(F)(F)F. The van der Waals surface area contributed by atoms with Gasteiger partial charge in [0.1, 0.15) is 11.4 Å². The van der Waals surface area contributed by atoms with Crippen LogP contribution in [0.2, 0.25) is 0 Å². The number of benzene rings is 2. The van der Waals surface area contributed by atoms with Crippen LogP contribution in [0.4, 0.5) is 36.4 Å². The summed E-state index contributed by atoms with van der Waals surface area (Å²) in [6, 6.07) is 2.34. The van der Waals surface area contributed by atoms with E-state index in [2.05, 4.69) is 4.74 Å². The summed E-state index contributed by atoms with van der Waals surface area (Å²) in [6.45, 7) is 0. The molecule has 154 valence electrons. The predicted molar refractivity (Wildman–Crippen MR) is 79.2 cm³/mol. The highest BCUT2D eigenvalue weighted by Crippen LogP contribution is 2.36. The summed E-state index contributed by atoms with van der Waals surface area (Å²) in [5.41, 5.74) is -7.76. The maximum Gasteiger partial charge on any atom is 0.420 e. The molecule has 0 bridgehead atoms. The van der Waals surface area contributed by atoms with Crippen molar-refractivity contribution in [3.05, 3.63) is 74.6 Å². The molecule has 0 aliphatic heterocycles. The van der Waals surface area contributed by atoms with Crippen LogP contribution < -0.4 is 0 Å². The average Bonchev–Trinajstić information content (AvgIpc) is 2.58. The molecule has 0 saturated heterocycles. The fraction of sp³-hybridized carbons (Fsp3) is 0.125. The summed E-state index contributed by atoms with van der Waals surface area (Å²) in [7, 11) is 0. The Kier molecular flexibility index (Phi) is 5.62. The van der Waals surface area contributed by atoms with E-state index in [-0.39, 0.29) is 6.07 Å². The second-order valence-electron chi connectivity index (χ2n) is 5.32. The van der Waals surface area contributed by atoms with Gasteiger partial charge in [-0.15, -0.1) is 0 Å². The minimum atomic E-state index is -5.37. The first-order chi connectivity index (χ1) is 13.2. The van der Waals surface area contributed by atoms with Crippen LogP contribution >= 0.6 is 0 Å². The smallest absolute Gasteiger partial charge is 0.386 e. The van der Waals surface area contributed by atoms with Gasteiger partial charge in [-0.2, -0.15) is 26.3 Å². The lowest BCUT2D eigenvalue weighted by Crippen LogP contribution is -2.21. The van der Waals surface area contributed by atoms with Crippen molar-refractivity contribution in [3.8, 4) is 0 Å². The zero-order valence-corrected chi connectivity index (χ0v) is 13.6. The van der Waals surface area contributed by atoms with Crippen molar-refractivity contribution < 1.29 is 50.0 Å². The van der Waals surface area contributed by atoms with Crippen molar-refractivity contribution in [1.82, 2.24) is 0 Å². The highest BCUT2D eigenvalue weighted by Gasteiger charge is 2.41. The molecule has 0 radical (unpaired) electrons. The average molecular weight is 425 g/mol. The van der Waals surface area contributed by atoms with E-state index in [9.17, 15) is 50.4 Å². The largest absolute Gasteiger partial charge is 0.420 e. The van der Waals surface area contributed by atoms with Gasteiger partial charge in [-0.25, -0.2) is 14.0 Å². The van der Waals surface area contributed by atoms with Crippen molar-refractivity contribution >= 4 is 17.6 Å². The van der Waals surface area contributed by atoms with E-state index >= 15 is 0 Å². The third kappa shape index (κ3) is 4.67. The standard InChI is InChI=1S/C16H6F7NO5/c17-11-3-1-2-9(12(11)16(21,22)23)14(26)29-13(25)8-5-4-7(24(27)28)6-10(8)15(18,19)20/h1-6H. The van der Waals surface area contributed by atoms with Crippen LogP contribution in [0.25, 0.3) is 0 Å². The number of halogens is 7. The summed E-state index contributed by atoms with van der Waals surface area (Å²) in [5.74, 6) is -5.96. The van der Waals surface area contributed by atoms with Gasteiger partial charge in [0.05, 0.1) is 21.6 Å². The number of alkyl halides is 6. The van der Waals surface area contributed by atoms with Gasteiger partial charge in [-0.1, -0.05) is 6.07 Å². The number of nitro groups is 1. The van der Waals surface area contributed by atoms with Crippen molar-refractivity contribution in [2.45, 2.75) is 12.4 Å². The summed E-state index contributed by atoms with van der Waals surface area (Å²) >= 11 is 0. The zero-order chi connectivity index (χ0) is 22.1. The van der Waals surface area contributed by atoms with Crippen LogP contribution in [0.1, 0.15) is 31.8 Å². The molecule has 0 N–H and O–H groups in total. The predicted octanol–water partition coefficient (Wildman–Crippen LogP) is 4.77. The number of carbonyl (C=O) groups excluding carboxylic acids is 2. The Morgan fingerprint density at radius 2 is 1.48 bits per heavy atom. The monoisotopic (exact) mass is 425 g/mol. The molecular formula is C16H6F7NO5. The zero-order valence-electron chi connectivity index (χ0n) is 13.6. The van der Waals surface area contributed by atoms with E-state index < -0.39 is 63.0 Å². The molecule has 2 aromatic carbocycles. The van der Waals surface area contributed by atoms with Gasteiger partial charge < -0.3 is 4.74 Å². The minimum absolute atomic E-state index is 0.00953. The van der Waals surface area contributed by atoms with Crippen LogP contribution in [0.5, 0.6) is 0 Å². The molecule has 0 heterocycles. The Balaban J connectivity index is 2.46. The number of ether oxygens (including phenoxy) is 1. The number of hydrogen-bond donors (Lipinski definition) is 0. The molecule has 2 rings (SSSR count). The molecule has 2 aromatic rings. The van der Waals surface area contributed by atoms with Crippen LogP contribution in [0.15, 0.2) is 36.4 Å². The molecule has 0 unspecified atom stereocenters. The Morgan fingerprint density at radius 1 is 0.897 bits per heavy atom. The lowest BCUT2D eigenvalue weighted by molar-refractivity contribution is -0.385. The lowest BCUT2D eigenvalue weighted by atomic mass is 10.1. The van der Waals surface area contributed by atoms with Gasteiger partial charge in [0.25, 0.3) is 5.69 Å². The van der Waals surface area contributed by atoms with Crippen LogP contribution in [0.3, 0.4) is 0 Å². The van der Waals surface area contributed by atoms with Gasteiger partial charge in [0.15, 0.2) is 0 Å². The van der Waals surface area contributed by atoms with E-state index in [1.54, 1.807) is 0 Å². The Labute approximate surface area is 155 Å². The van der Waals surface area contributed by atoms with Crippen LogP contribution in [-0.2, 0) is 17.1 Å².